The fourth-order valence-corrected chi connectivity index (χ4v) is 3.39. The minimum atomic E-state index is -0.648. The summed E-state index contributed by atoms with van der Waals surface area (Å²) in [7, 11) is 0. The maximum atomic E-state index is 12.5. The van der Waals surface area contributed by atoms with E-state index in [0.717, 1.165) is 25.1 Å². The van der Waals surface area contributed by atoms with Crippen molar-refractivity contribution in [3.8, 4) is 0 Å². The molecule has 0 saturated carbocycles. The summed E-state index contributed by atoms with van der Waals surface area (Å²) in [6.07, 6.45) is 2.55. The van der Waals surface area contributed by atoms with Gasteiger partial charge in [0, 0.05) is 24.7 Å². The van der Waals surface area contributed by atoms with Gasteiger partial charge in [-0.1, -0.05) is 48.5 Å². The number of aliphatic hydroxyl groups excluding tert-OH is 1. The van der Waals surface area contributed by atoms with Crippen LogP contribution in [0.2, 0.25) is 0 Å². The number of fused-ring (bicyclic) bond motifs is 1. The number of para-hydroxylation sites is 1. The lowest BCUT2D eigenvalue weighted by Crippen LogP contribution is -2.37. The van der Waals surface area contributed by atoms with Crippen LogP contribution in [0.25, 0.3) is 0 Å². The van der Waals surface area contributed by atoms with Crippen molar-refractivity contribution in [3.05, 3.63) is 65.7 Å². The smallest absolute Gasteiger partial charge is 0.227 e. The molecular formula is C21H26N2O2. The number of benzene rings is 2. The molecule has 2 aromatic carbocycles. The van der Waals surface area contributed by atoms with Crippen molar-refractivity contribution < 1.29 is 9.90 Å². The van der Waals surface area contributed by atoms with Gasteiger partial charge in [-0.05, 0) is 42.9 Å². The van der Waals surface area contributed by atoms with Crippen molar-refractivity contribution in [1.29, 1.82) is 0 Å². The van der Waals surface area contributed by atoms with E-state index in [-0.39, 0.29) is 11.9 Å². The lowest BCUT2D eigenvalue weighted by molar-refractivity contribution is -0.119. The molecule has 0 unspecified atom stereocenters. The normalized spacial score (nSPS) is 15.7. The van der Waals surface area contributed by atoms with Crippen molar-refractivity contribution in [2.75, 3.05) is 11.4 Å². The molecule has 3 rings (SSSR count). The maximum Gasteiger partial charge on any atom is 0.227 e. The summed E-state index contributed by atoms with van der Waals surface area (Å²) >= 11 is 0. The average Bonchev–Trinajstić information content (AvgIpc) is 3.09. The predicted octanol–water partition coefficient (Wildman–Crippen LogP) is 2.68. The summed E-state index contributed by atoms with van der Waals surface area (Å²) in [5.41, 5.74) is 9.55. The van der Waals surface area contributed by atoms with Gasteiger partial charge in [0.1, 0.15) is 0 Å². The molecule has 2 aromatic rings. The molecule has 25 heavy (non-hydrogen) atoms. The second-order valence-corrected chi connectivity index (χ2v) is 6.72. The number of hydrogen-bond donors (Lipinski definition) is 2. The van der Waals surface area contributed by atoms with Gasteiger partial charge in [-0.15, -0.1) is 0 Å². The Morgan fingerprint density at radius 3 is 2.60 bits per heavy atom. The number of aliphatic hydroxyl groups is 1. The minimum Gasteiger partial charge on any atom is -0.391 e. The summed E-state index contributed by atoms with van der Waals surface area (Å²) in [6.45, 7) is 0.730. The van der Waals surface area contributed by atoms with Crippen molar-refractivity contribution in [1.82, 2.24) is 0 Å². The number of anilines is 1. The molecule has 0 aromatic heterocycles. The maximum absolute atomic E-state index is 12.5. The first kappa shape index (κ1) is 17.6. The van der Waals surface area contributed by atoms with Crippen LogP contribution in [0.5, 0.6) is 0 Å². The van der Waals surface area contributed by atoms with Gasteiger partial charge in [0.15, 0.2) is 0 Å². The first-order valence-electron chi connectivity index (χ1n) is 9.01. The second kappa shape index (κ2) is 8.28. The second-order valence-electron chi connectivity index (χ2n) is 6.72. The highest BCUT2D eigenvalue weighted by molar-refractivity contribution is 5.95. The SMILES string of the molecule is N[C@@H](CCc1ccccc1)[C@@H](O)CCC(=O)N1CCc2ccccc21. The molecule has 0 fully saturated rings. The van der Waals surface area contributed by atoms with Crippen LogP contribution in [0, 0.1) is 0 Å². The Morgan fingerprint density at radius 1 is 1.08 bits per heavy atom. The lowest BCUT2D eigenvalue weighted by atomic mass is 9.99. The van der Waals surface area contributed by atoms with Crippen molar-refractivity contribution >= 4 is 11.6 Å². The molecule has 0 spiro atoms. The number of carbonyl (C=O) groups excluding carboxylic acids is 1. The molecule has 0 saturated heterocycles. The molecule has 3 N–H and O–H groups in total. The third kappa shape index (κ3) is 4.47. The lowest BCUT2D eigenvalue weighted by Gasteiger charge is -2.21. The van der Waals surface area contributed by atoms with Crippen LogP contribution in [0.4, 0.5) is 5.69 Å². The molecule has 1 aliphatic rings. The molecule has 1 aliphatic heterocycles. The highest BCUT2D eigenvalue weighted by atomic mass is 16.3. The van der Waals surface area contributed by atoms with Crippen LogP contribution in [-0.2, 0) is 17.6 Å². The van der Waals surface area contributed by atoms with Crippen molar-refractivity contribution in [2.45, 2.75) is 44.2 Å². The zero-order valence-electron chi connectivity index (χ0n) is 14.5. The molecule has 0 radical (unpaired) electrons. The number of carbonyl (C=O) groups is 1. The number of nitrogens with zero attached hydrogens (tertiary/aromatic N) is 1. The summed E-state index contributed by atoms with van der Waals surface area (Å²) in [6, 6.07) is 17.8. The van der Waals surface area contributed by atoms with Gasteiger partial charge < -0.3 is 15.7 Å². The van der Waals surface area contributed by atoms with Crippen LogP contribution >= 0.6 is 0 Å². The minimum absolute atomic E-state index is 0.0688. The van der Waals surface area contributed by atoms with E-state index in [0.29, 0.717) is 19.3 Å². The Morgan fingerprint density at radius 2 is 1.80 bits per heavy atom. The zero-order chi connectivity index (χ0) is 17.6. The molecule has 1 heterocycles. The fraction of sp³-hybridized carbons (Fsp3) is 0.381. The largest absolute Gasteiger partial charge is 0.391 e. The van der Waals surface area contributed by atoms with Crippen LogP contribution < -0.4 is 10.6 Å². The van der Waals surface area contributed by atoms with Gasteiger partial charge in [0.05, 0.1) is 6.10 Å². The van der Waals surface area contributed by atoms with Crippen LogP contribution in [-0.4, -0.2) is 29.7 Å². The Labute approximate surface area is 149 Å². The first-order valence-corrected chi connectivity index (χ1v) is 9.01. The van der Waals surface area contributed by atoms with Gasteiger partial charge in [0.25, 0.3) is 0 Å². The molecule has 0 aliphatic carbocycles. The van der Waals surface area contributed by atoms with Gasteiger partial charge >= 0.3 is 0 Å². The Bertz CT molecular complexity index is 702. The average molecular weight is 338 g/mol. The summed E-state index contributed by atoms with van der Waals surface area (Å²) in [5, 5.41) is 10.3. The Balaban J connectivity index is 1.45. The third-order valence-electron chi connectivity index (χ3n) is 4.95. The number of hydrogen-bond acceptors (Lipinski definition) is 3. The highest BCUT2D eigenvalue weighted by Gasteiger charge is 2.25. The number of rotatable bonds is 7. The number of nitrogens with two attached hydrogens (primary N) is 1. The summed E-state index contributed by atoms with van der Waals surface area (Å²) in [4.78, 5) is 14.3. The van der Waals surface area contributed by atoms with E-state index in [1.165, 1.54) is 11.1 Å². The van der Waals surface area contributed by atoms with Crippen LogP contribution in [0.15, 0.2) is 54.6 Å². The summed E-state index contributed by atoms with van der Waals surface area (Å²) < 4.78 is 0. The zero-order valence-corrected chi connectivity index (χ0v) is 14.5. The van der Waals surface area contributed by atoms with Crippen molar-refractivity contribution in [3.63, 3.8) is 0 Å². The molecule has 4 nitrogen and oxygen atoms in total. The van der Waals surface area contributed by atoms with E-state index < -0.39 is 6.10 Å². The van der Waals surface area contributed by atoms with Gasteiger partial charge in [-0.2, -0.15) is 0 Å². The van der Waals surface area contributed by atoms with E-state index in [1.54, 1.807) is 0 Å². The standard InChI is InChI=1S/C21H26N2O2/c22-18(11-10-16-6-2-1-3-7-16)20(24)12-13-21(25)23-15-14-17-8-4-5-9-19(17)23/h1-9,18,20,24H,10-15,22H2/t18-,20-/m0/s1. The van der Waals surface area contributed by atoms with Crippen molar-refractivity contribution in [2.24, 2.45) is 5.73 Å². The van der Waals surface area contributed by atoms with Gasteiger partial charge in [0.2, 0.25) is 5.91 Å². The number of aryl methyl sites for hydroxylation is 1. The van der Waals surface area contributed by atoms with E-state index >= 15 is 0 Å². The molecule has 4 heteroatoms. The van der Waals surface area contributed by atoms with E-state index in [4.69, 9.17) is 5.73 Å². The first-order chi connectivity index (χ1) is 12.1. The van der Waals surface area contributed by atoms with Gasteiger partial charge in [-0.3, -0.25) is 4.79 Å². The molecule has 0 bridgehead atoms. The van der Waals surface area contributed by atoms with E-state index in [9.17, 15) is 9.90 Å². The van der Waals surface area contributed by atoms with Gasteiger partial charge in [-0.25, -0.2) is 0 Å². The third-order valence-corrected chi connectivity index (χ3v) is 4.95. The highest BCUT2D eigenvalue weighted by Crippen LogP contribution is 2.28. The van der Waals surface area contributed by atoms with E-state index in [1.807, 2.05) is 41.3 Å². The molecule has 132 valence electrons. The molecule has 1 amide bonds. The topological polar surface area (TPSA) is 66.6 Å². The fourth-order valence-electron chi connectivity index (χ4n) is 3.39. The summed E-state index contributed by atoms with van der Waals surface area (Å²) in [5.74, 6) is 0.0688. The molecule has 2 atom stereocenters. The van der Waals surface area contributed by atoms with E-state index in [2.05, 4.69) is 18.2 Å². The predicted molar refractivity (Wildman–Crippen MR) is 100 cm³/mol. The Kier molecular flexibility index (Phi) is 5.84. The van der Waals surface area contributed by atoms with Crippen LogP contribution in [0.1, 0.15) is 30.4 Å². The molecular weight excluding hydrogens is 312 g/mol. The number of amides is 1. The quantitative estimate of drug-likeness (QED) is 0.816. The Hall–Kier alpha value is -2.17. The monoisotopic (exact) mass is 338 g/mol. The van der Waals surface area contributed by atoms with Crippen LogP contribution in [0.3, 0.4) is 0 Å².